The summed E-state index contributed by atoms with van der Waals surface area (Å²) in [6.45, 7) is 0. The van der Waals surface area contributed by atoms with Crippen LogP contribution in [-0.2, 0) is 4.74 Å². The van der Waals surface area contributed by atoms with Gasteiger partial charge in [-0.05, 0) is 37.1 Å². The summed E-state index contributed by atoms with van der Waals surface area (Å²) in [6, 6.07) is 7.69. The Hall–Kier alpha value is -1.01. The molecule has 1 aliphatic carbocycles. The van der Waals surface area contributed by atoms with Crippen LogP contribution in [0, 0.1) is 0 Å². The van der Waals surface area contributed by atoms with E-state index >= 15 is 0 Å². The number of rotatable bonds is 2. The van der Waals surface area contributed by atoms with Gasteiger partial charge in [0.15, 0.2) is 5.17 Å². The maximum Gasteiger partial charge on any atom is 0.337 e. The molecule has 4 nitrogen and oxygen atoms in total. The van der Waals surface area contributed by atoms with Crippen LogP contribution in [0.25, 0.3) is 0 Å². The number of thioether (sulfide) groups is 1. The van der Waals surface area contributed by atoms with Crippen molar-refractivity contribution in [2.24, 2.45) is 4.99 Å². The lowest BCUT2D eigenvalue weighted by Gasteiger charge is -2.27. The van der Waals surface area contributed by atoms with Gasteiger partial charge in [0.25, 0.3) is 0 Å². The number of alkyl halides is 1. The SMILES string of the molecule is COC(=O)c1ccc(NC2=NC3CCCC(Br)C3S2)cc1. The Kier molecular flexibility index (Phi) is 4.54. The van der Waals surface area contributed by atoms with Crippen molar-refractivity contribution in [3.05, 3.63) is 29.8 Å². The largest absolute Gasteiger partial charge is 0.465 e. The molecule has 1 fully saturated rings. The van der Waals surface area contributed by atoms with Crippen LogP contribution in [0.2, 0.25) is 0 Å². The molecule has 112 valence electrons. The smallest absolute Gasteiger partial charge is 0.337 e. The summed E-state index contributed by atoms with van der Waals surface area (Å²) in [5.74, 6) is -0.317. The molecule has 0 spiro atoms. The number of esters is 1. The highest BCUT2D eigenvalue weighted by atomic mass is 79.9. The highest BCUT2D eigenvalue weighted by Crippen LogP contribution is 2.40. The zero-order valence-corrected chi connectivity index (χ0v) is 14.1. The molecule has 1 aromatic carbocycles. The number of hydrogen-bond donors (Lipinski definition) is 1. The molecule has 0 aromatic heterocycles. The molecule has 2 aliphatic rings. The van der Waals surface area contributed by atoms with Crippen LogP contribution < -0.4 is 5.32 Å². The van der Waals surface area contributed by atoms with E-state index in [4.69, 9.17) is 9.73 Å². The Morgan fingerprint density at radius 3 is 2.81 bits per heavy atom. The fraction of sp³-hybridized carbons (Fsp3) is 0.467. The standard InChI is InChI=1S/C15H17BrN2O2S/c1-20-14(19)9-5-7-10(8-6-9)17-15-18-12-4-2-3-11(16)13(12)21-15/h5-8,11-13H,2-4H2,1H3,(H,17,18). The second-order valence-electron chi connectivity index (χ2n) is 5.22. The molecule has 1 N–H and O–H groups in total. The van der Waals surface area contributed by atoms with Gasteiger partial charge in [-0.25, -0.2) is 4.79 Å². The first-order valence-corrected chi connectivity index (χ1v) is 8.81. The monoisotopic (exact) mass is 368 g/mol. The normalized spacial score (nSPS) is 27.7. The number of ether oxygens (including phenoxy) is 1. The Morgan fingerprint density at radius 1 is 1.38 bits per heavy atom. The van der Waals surface area contributed by atoms with Crippen LogP contribution in [-0.4, -0.2) is 34.4 Å². The van der Waals surface area contributed by atoms with E-state index in [0.717, 1.165) is 10.9 Å². The van der Waals surface area contributed by atoms with E-state index in [-0.39, 0.29) is 5.97 Å². The lowest BCUT2D eigenvalue weighted by molar-refractivity contribution is 0.0601. The highest BCUT2D eigenvalue weighted by molar-refractivity contribution is 9.09. The van der Waals surface area contributed by atoms with E-state index in [9.17, 15) is 4.79 Å². The maximum absolute atomic E-state index is 11.4. The maximum atomic E-state index is 11.4. The van der Waals surface area contributed by atoms with Crippen molar-refractivity contribution in [1.29, 1.82) is 0 Å². The number of anilines is 1. The zero-order chi connectivity index (χ0) is 14.8. The van der Waals surface area contributed by atoms with Gasteiger partial charge in [0, 0.05) is 15.8 Å². The topological polar surface area (TPSA) is 50.7 Å². The Morgan fingerprint density at radius 2 is 2.14 bits per heavy atom. The van der Waals surface area contributed by atoms with E-state index in [0.29, 0.717) is 21.7 Å². The van der Waals surface area contributed by atoms with E-state index in [1.54, 1.807) is 12.1 Å². The van der Waals surface area contributed by atoms with Gasteiger partial charge < -0.3 is 10.1 Å². The summed E-state index contributed by atoms with van der Waals surface area (Å²) in [5, 5.41) is 4.85. The molecular weight excluding hydrogens is 352 g/mol. The number of hydrogen-bond acceptors (Lipinski definition) is 5. The molecule has 21 heavy (non-hydrogen) atoms. The average molecular weight is 369 g/mol. The van der Waals surface area contributed by atoms with Crippen molar-refractivity contribution in [1.82, 2.24) is 0 Å². The van der Waals surface area contributed by atoms with Crippen molar-refractivity contribution in [2.45, 2.75) is 35.4 Å². The van der Waals surface area contributed by atoms with E-state index in [2.05, 4.69) is 21.2 Å². The lowest BCUT2D eigenvalue weighted by Crippen LogP contribution is -2.31. The van der Waals surface area contributed by atoms with Crippen molar-refractivity contribution in [3.63, 3.8) is 0 Å². The Balaban J connectivity index is 1.66. The fourth-order valence-electron chi connectivity index (χ4n) is 2.68. The number of amidine groups is 1. The number of carbonyl (C=O) groups excluding carboxylic acids is 1. The van der Waals surface area contributed by atoms with Crippen molar-refractivity contribution < 1.29 is 9.53 Å². The van der Waals surface area contributed by atoms with Gasteiger partial charge in [-0.3, -0.25) is 4.99 Å². The van der Waals surface area contributed by atoms with Gasteiger partial charge in [0.1, 0.15) is 0 Å². The highest BCUT2D eigenvalue weighted by Gasteiger charge is 2.37. The molecule has 0 saturated heterocycles. The third-order valence-electron chi connectivity index (χ3n) is 3.80. The van der Waals surface area contributed by atoms with E-state index in [1.807, 2.05) is 23.9 Å². The molecule has 3 rings (SSSR count). The Bertz CT molecular complexity index is 561. The van der Waals surface area contributed by atoms with E-state index < -0.39 is 0 Å². The number of halogens is 1. The number of benzene rings is 1. The minimum absolute atomic E-state index is 0.317. The van der Waals surface area contributed by atoms with Crippen molar-refractivity contribution >= 4 is 44.5 Å². The second kappa shape index (κ2) is 6.40. The minimum Gasteiger partial charge on any atom is -0.465 e. The first kappa shape index (κ1) is 14.9. The van der Waals surface area contributed by atoms with Crippen LogP contribution in [0.5, 0.6) is 0 Å². The first-order valence-electron chi connectivity index (χ1n) is 7.01. The number of aliphatic imine (C=N–C) groups is 1. The van der Waals surface area contributed by atoms with E-state index in [1.165, 1.54) is 26.4 Å². The zero-order valence-electron chi connectivity index (χ0n) is 11.7. The number of fused-ring (bicyclic) bond motifs is 1. The van der Waals surface area contributed by atoms with Crippen LogP contribution in [0.3, 0.4) is 0 Å². The number of carbonyl (C=O) groups is 1. The molecule has 3 unspecified atom stereocenters. The van der Waals surface area contributed by atoms with Crippen LogP contribution in [0.15, 0.2) is 29.3 Å². The number of nitrogens with zero attached hydrogens (tertiary/aromatic N) is 1. The van der Waals surface area contributed by atoms with Gasteiger partial charge in [0.05, 0.1) is 18.7 Å². The van der Waals surface area contributed by atoms with Gasteiger partial charge in [0.2, 0.25) is 0 Å². The molecule has 1 heterocycles. The summed E-state index contributed by atoms with van der Waals surface area (Å²) in [4.78, 5) is 16.7. The first-order chi connectivity index (χ1) is 10.2. The number of nitrogens with one attached hydrogen (secondary N) is 1. The van der Waals surface area contributed by atoms with Gasteiger partial charge in [-0.1, -0.05) is 34.1 Å². The lowest BCUT2D eigenvalue weighted by atomic mass is 9.95. The Labute approximate surface area is 136 Å². The number of methoxy groups -OCH3 is 1. The van der Waals surface area contributed by atoms with Gasteiger partial charge >= 0.3 is 5.97 Å². The summed E-state index contributed by atoms with van der Waals surface area (Å²) in [6.07, 6.45) is 3.64. The van der Waals surface area contributed by atoms with Crippen molar-refractivity contribution in [3.8, 4) is 0 Å². The molecule has 6 heteroatoms. The summed E-state index contributed by atoms with van der Waals surface area (Å²) in [5.41, 5.74) is 1.50. The van der Waals surface area contributed by atoms with Gasteiger partial charge in [-0.2, -0.15) is 0 Å². The second-order valence-corrected chi connectivity index (χ2v) is 7.57. The predicted octanol–water partition coefficient (Wildman–Crippen LogP) is 3.67. The molecule has 3 atom stereocenters. The predicted molar refractivity (Wildman–Crippen MR) is 90.6 cm³/mol. The molecule has 1 aliphatic heterocycles. The summed E-state index contributed by atoms with van der Waals surface area (Å²) >= 11 is 5.58. The molecule has 1 aromatic rings. The molecular formula is C15H17BrN2O2S. The molecule has 0 bridgehead atoms. The average Bonchev–Trinajstić information content (AvgIpc) is 2.91. The minimum atomic E-state index is -0.317. The fourth-order valence-corrected chi connectivity index (χ4v) is 4.95. The quantitative estimate of drug-likeness (QED) is 0.638. The van der Waals surface area contributed by atoms with Gasteiger partial charge in [-0.15, -0.1) is 0 Å². The van der Waals surface area contributed by atoms with Crippen molar-refractivity contribution in [2.75, 3.05) is 12.4 Å². The molecule has 0 radical (unpaired) electrons. The summed E-state index contributed by atoms with van der Waals surface area (Å²) < 4.78 is 4.69. The summed E-state index contributed by atoms with van der Waals surface area (Å²) in [7, 11) is 1.39. The third kappa shape index (κ3) is 3.26. The van der Waals surface area contributed by atoms with Crippen LogP contribution in [0.1, 0.15) is 29.6 Å². The third-order valence-corrected chi connectivity index (χ3v) is 6.53. The van der Waals surface area contributed by atoms with Crippen LogP contribution >= 0.6 is 27.7 Å². The molecule has 0 amide bonds. The molecule has 1 saturated carbocycles. The van der Waals surface area contributed by atoms with Crippen LogP contribution in [0.4, 0.5) is 5.69 Å².